The fourth-order valence-electron chi connectivity index (χ4n) is 2.75. The molecule has 8 heteroatoms. The van der Waals surface area contributed by atoms with E-state index in [9.17, 15) is 8.42 Å². The molecule has 1 aromatic carbocycles. The third-order valence-corrected chi connectivity index (χ3v) is 5.52. The lowest BCUT2D eigenvalue weighted by Crippen LogP contribution is -2.46. The normalized spacial score (nSPS) is 18.3. The van der Waals surface area contributed by atoms with Crippen LogP contribution in [0.15, 0.2) is 47.5 Å². The van der Waals surface area contributed by atoms with Crippen LogP contribution in [0.5, 0.6) is 0 Å². The molecule has 0 amide bonds. The van der Waals surface area contributed by atoms with Crippen LogP contribution in [0.4, 0.5) is 5.69 Å². The molecule has 25 heavy (non-hydrogen) atoms. The number of nitrogens with zero attached hydrogens (tertiary/aromatic N) is 2. The molecule has 134 valence electrons. The molecule has 1 fully saturated rings. The second-order valence-corrected chi connectivity index (χ2v) is 8.03. The highest BCUT2D eigenvalue weighted by Gasteiger charge is 2.23. The van der Waals surface area contributed by atoms with Crippen molar-refractivity contribution in [3.8, 4) is 0 Å². The highest BCUT2D eigenvalue weighted by molar-refractivity contribution is 7.86. The molecule has 1 aromatic heterocycles. The van der Waals surface area contributed by atoms with Crippen molar-refractivity contribution < 1.29 is 12.7 Å². The number of nitrogens with one attached hydrogen (secondary N) is 1. The number of aryl methyl sites for hydroxylation is 1. The van der Waals surface area contributed by atoms with Gasteiger partial charge in [-0.1, -0.05) is 29.3 Å². The van der Waals surface area contributed by atoms with Crippen LogP contribution < -0.4 is 10.4 Å². The van der Waals surface area contributed by atoms with Crippen molar-refractivity contribution in [1.29, 1.82) is 0 Å². The lowest BCUT2D eigenvalue weighted by molar-refractivity contribution is 0.152. The summed E-state index contributed by atoms with van der Waals surface area (Å²) >= 11 is 5.82. The van der Waals surface area contributed by atoms with Crippen molar-refractivity contribution in [2.75, 3.05) is 18.0 Å². The maximum atomic E-state index is 12.3. The van der Waals surface area contributed by atoms with Gasteiger partial charge in [-0.25, -0.2) is 4.98 Å². The topological polar surface area (TPSA) is 71.5 Å². The van der Waals surface area contributed by atoms with Crippen LogP contribution in [0.3, 0.4) is 0 Å². The van der Waals surface area contributed by atoms with Gasteiger partial charge in [-0.2, -0.15) is 18.2 Å². The summed E-state index contributed by atoms with van der Waals surface area (Å²) in [5.74, 6) is 0. The highest BCUT2D eigenvalue weighted by atomic mass is 35.5. The van der Waals surface area contributed by atoms with E-state index in [1.165, 1.54) is 0 Å². The van der Waals surface area contributed by atoms with Crippen molar-refractivity contribution in [3.05, 3.63) is 53.3 Å². The third kappa shape index (κ3) is 4.70. The lowest BCUT2D eigenvalue weighted by Gasteiger charge is -2.34. The predicted octanol–water partition coefficient (Wildman–Crippen LogP) is 2.92. The van der Waals surface area contributed by atoms with Crippen molar-refractivity contribution in [1.82, 2.24) is 10.5 Å². The number of hydroxylamine groups is 1. The van der Waals surface area contributed by atoms with E-state index >= 15 is 0 Å². The number of hydrogen-bond donors (Lipinski definition) is 1. The molecule has 0 radical (unpaired) electrons. The van der Waals surface area contributed by atoms with E-state index in [4.69, 9.17) is 15.9 Å². The van der Waals surface area contributed by atoms with E-state index in [2.05, 4.69) is 15.4 Å². The van der Waals surface area contributed by atoms with Gasteiger partial charge in [-0.3, -0.25) is 0 Å². The quantitative estimate of drug-likeness (QED) is 0.634. The van der Waals surface area contributed by atoms with Gasteiger partial charge in [0.2, 0.25) is 0 Å². The minimum absolute atomic E-state index is 0.0929. The molecule has 0 spiro atoms. The third-order valence-electron chi connectivity index (χ3n) is 4.13. The number of halogens is 1. The van der Waals surface area contributed by atoms with E-state index in [0.29, 0.717) is 11.7 Å². The first-order valence-electron chi connectivity index (χ1n) is 8.06. The molecule has 6 nitrogen and oxygen atoms in total. The van der Waals surface area contributed by atoms with E-state index < -0.39 is 10.1 Å². The summed E-state index contributed by atoms with van der Waals surface area (Å²) in [6, 6.07) is 10.1. The van der Waals surface area contributed by atoms with Crippen molar-refractivity contribution in [3.63, 3.8) is 0 Å². The first-order valence-corrected chi connectivity index (χ1v) is 9.85. The zero-order valence-electron chi connectivity index (χ0n) is 13.9. The smallest absolute Gasteiger partial charge is 0.312 e. The summed E-state index contributed by atoms with van der Waals surface area (Å²) < 4.78 is 29.6. The SMILES string of the molecule is Cc1ccc(S(=O)(=O)ONC2CCCN(c3ccc(Cl)nc3)C2)cc1. The Morgan fingerprint density at radius 3 is 2.68 bits per heavy atom. The number of hydrogen-bond acceptors (Lipinski definition) is 6. The standard InChI is InChI=1S/C17H20ClN3O3S/c1-13-4-7-16(8-5-13)25(22,23)24-20-14-3-2-10-21(12-14)15-6-9-17(18)19-11-15/h4-9,11,14,20H,2-3,10,12H2,1H3. The van der Waals surface area contributed by atoms with E-state index in [-0.39, 0.29) is 10.9 Å². The molecular formula is C17H20ClN3O3S. The number of anilines is 1. The summed E-state index contributed by atoms with van der Waals surface area (Å²) in [7, 11) is -3.82. The van der Waals surface area contributed by atoms with Crippen LogP contribution in [0, 0.1) is 6.92 Å². The van der Waals surface area contributed by atoms with Crippen LogP contribution in [-0.4, -0.2) is 32.5 Å². The van der Waals surface area contributed by atoms with Gasteiger partial charge in [0.05, 0.1) is 22.8 Å². The predicted molar refractivity (Wildman–Crippen MR) is 97.1 cm³/mol. The van der Waals surface area contributed by atoms with Gasteiger partial charge >= 0.3 is 10.1 Å². The van der Waals surface area contributed by atoms with E-state index in [1.807, 2.05) is 13.0 Å². The summed E-state index contributed by atoms with van der Waals surface area (Å²) in [6.07, 6.45) is 3.48. The largest absolute Gasteiger partial charge is 0.369 e. The van der Waals surface area contributed by atoms with Crippen molar-refractivity contribution >= 4 is 27.4 Å². The van der Waals surface area contributed by atoms with Crippen LogP contribution in [-0.2, 0) is 14.4 Å². The van der Waals surface area contributed by atoms with E-state index in [0.717, 1.165) is 30.6 Å². The Hall–Kier alpha value is -1.67. The zero-order chi connectivity index (χ0) is 17.9. The minimum atomic E-state index is -3.82. The Balaban J connectivity index is 1.61. The highest BCUT2D eigenvalue weighted by Crippen LogP contribution is 2.21. The average molecular weight is 382 g/mol. The minimum Gasteiger partial charge on any atom is -0.369 e. The van der Waals surface area contributed by atoms with Gasteiger partial charge in [0, 0.05) is 13.1 Å². The molecule has 1 saturated heterocycles. The molecular weight excluding hydrogens is 362 g/mol. The van der Waals surface area contributed by atoms with Crippen molar-refractivity contribution in [2.24, 2.45) is 0 Å². The van der Waals surface area contributed by atoms with Gasteiger partial charge < -0.3 is 4.90 Å². The summed E-state index contributed by atoms with van der Waals surface area (Å²) in [5.41, 5.74) is 4.66. The Morgan fingerprint density at radius 2 is 2.00 bits per heavy atom. The van der Waals surface area contributed by atoms with Crippen LogP contribution >= 0.6 is 11.6 Å². The van der Waals surface area contributed by atoms with Crippen LogP contribution in [0.2, 0.25) is 5.15 Å². The number of benzene rings is 1. The first kappa shape index (κ1) is 18.1. The molecule has 1 aliphatic heterocycles. The van der Waals surface area contributed by atoms with Crippen LogP contribution in [0.25, 0.3) is 0 Å². The Bertz CT molecular complexity index is 810. The molecule has 3 rings (SSSR count). The maximum absolute atomic E-state index is 12.3. The summed E-state index contributed by atoms with van der Waals surface area (Å²) in [6.45, 7) is 3.41. The van der Waals surface area contributed by atoms with Gasteiger partial charge in [0.1, 0.15) is 5.15 Å². The number of piperidine rings is 1. The molecule has 0 saturated carbocycles. The van der Waals surface area contributed by atoms with E-state index in [1.54, 1.807) is 36.5 Å². The second-order valence-electron chi connectivity index (χ2n) is 6.09. The van der Waals surface area contributed by atoms with Gasteiger partial charge in [0.25, 0.3) is 0 Å². The molecule has 1 atom stereocenters. The maximum Gasteiger partial charge on any atom is 0.312 e. The molecule has 1 N–H and O–H groups in total. The van der Waals surface area contributed by atoms with Crippen molar-refractivity contribution in [2.45, 2.75) is 30.7 Å². The summed E-state index contributed by atoms with van der Waals surface area (Å²) in [5, 5.41) is 0.447. The monoisotopic (exact) mass is 381 g/mol. The summed E-state index contributed by atoms with van der Waals surface area (Å²) in [4.78, 5) is 6.36. The van der Waals surface area contributed by atoms with Gasteiger partial charge in [-0.05, 0) is 44.0 Å². The number of aromatic nitrogens is 1. The van der Waals surface area contributed by atoms with Crippen LogP contribution in [0.1, 0.15) is 18.4 Å². The average Bonchev–Trinajstić information content (AvgIpc) is 2.61. The number of pyridine rings is 1. The van der Waals surface area contributed by atoms with Gasteiger partial charge in [-0.15, -0.1) is 0 Å². The number of rotatable bonds is 5. The van der Waals surface area contributed by atoms with Gasteiger partial charge in [0.15, 0.2) is 0 Å². The molecule has 0 aliphatic carbocycles. The molecule has 1 aliphatic rings. The Morgan fingerprint density at radius 1 is 1.24 bits per heavy atom. The molecule has 0 bridgehead atoms. The Kier molecular flexibility index (Phi) is 5.58. The first-order chi connectivity index (χ1) is 11.9. The molecule has 1 unspecified atom stereocenters. The fourth-order valence-corrected chi connectivity index (χ4v) is 3.69. The fraction of sp³-hybridized carbons (Fsp3) is 0.353. The zero-order valence-corrected chi connectivity index (χ0v) is 15.4. The Labute approximate surface area is 152 Å². The molecule has 2 heterocycles. The lowest BCUT2D eigenvalue weighted by atomic mass is 10.1. The molecule has 2 aromatic rings. The second kappa shape index (κ2) is 7.70.